The van der Waals surface area contributed by atoms with Crippen LogP contribution in [0, 0.1) is 5.92 Å². The van der Waals surface area contributed by atoms with Gasteiger partial charge in [0.15, 0.2) is 0 Å². The van der Waals surface area contributed by atoms with Crippen LogP contribution in [-0.2, 0) is 10.2 Å². The molecule has 2 fully saturated rings. The minimum Gasteiger partial charge on any atom is -0.393 e. The molecule has 0 aliphatic carbocycles. The van der Waals surface area contributed by atoms with Crippen LogP contribution in [0.3, 0.4) is 0 Å². The van der Waals surface area contributed by atoms with E-state index in [0.717, 1.165) is 25.7 Å². The first-order chi connectivity index (χ1) is 8.55. The zero-order chi connectivity index (χ0) is 13.2. The van der Waals surface area contributed by atoms with Crippen molar-refractivity contribution in [2.24, 2.45) is 5.92 Å². The molecule has 0 aromatic heterocycles. The third-order valence-corrected chi connectivity index (χ3v) is 6.15. The summed E-state index contributed by atoms with van der Waals surface area (Å²) in [5.41, 5.74) is 0. The maximum atomic E-state index is 12.5. The number of piperidine rings is 2. The summed E-state index contributed by atoms with van der Waals surface area (Å²) in [6, 6.07) is 0. The van der Waals surface area contributed by atoms with Crippen molar-refractivity contribution in [3.8, 4) is 0 Å². The molecule has 1 N–H and O–H groups in total. The Kier molecular flexibility index (Phi) is 4.64. The fourth-order valence-electron chi connectivity index (χ4n) is 2.86. The first kappa shape index (κ1) is 14.2. The molecule has 0 bridgehead atoms. The first-order valence-corrected chi connectivity index (χ1v) is 8.38. The standard InChI is InChI=1S/C12H24N2O3S/c1-2-11-10-14(9-6-12(11)15)18(16,17)13-7-4-3-5-8-13/h11-12,15H,2-10H2,1H3. The number of rotatable bonds is 3. The molecular formula is C12H24N2O3S. The van der Waals surface area contributed by atoms with E-state index >= 15 is 0 Å². The Morgan fingerprint density at radius 1 is 1.11 bits per heavy atom. The average molecular weight is 276 g/mol. The normalized spacial score (nSPS) is 32.6. The number of hydrogen-bond acceptors (Lipinski definition) is 3. The highest BCUT2D eigenvalue weighted by molar-refractivity contribution is 7.86. The fraction of sp³-hybridized carbons (Fsp3) is 1.00. The largest absolute Gasteiger partial charge is 0.393 e. The van der Waals surface area contributed by atoms with E-state index in [1.807, 2.05) is 6.92 Å². The average Bonchev–Trinajstić information content (AvgIpc) is 2.40. The second-order valence-electron chi connectivity index (χ2n) is 5.35. The topological polar surface area (TPSA) is 60.9 Å². The fourth-order valence-corrected chi connectivity index (χ4v) is 4.62. The summed E-state index contributed by atoms with van der Waals surface area (Å²) in [6.07, 6.45) is 4.10. The lowest BCUT2D eigenvalue weighted by Gasteiger charge is -2.38. The molecule has 2 saturated heterocycles. The van der Waals surface area contributed by atoms with Gasteiger partial charge in [0.1, 0.15) is 0 Å². The molecule has 0 radical (unpaired) electrons. The molecule has 2 aliphatic heterocycles. The molecule has 18 heavy (non-hydrogen) atoms. The summed E-state index contributed by atoms with van der Waals surface area (Å²) in [5.74, 6) is 0.0818. The molecule has 5 nitrogen and oxygen atoms in total. The number of nitrogens with zero attached hydrogens (tertiary/aromatic N) is 2. The van der Waals surface area contributed by atoms with E-state index in [1.165, 1.54) is 0 Å². The monoisotopic (exact) mass is 276 g/mol. The lowest BCUT2D eigenvalue weighted by Crippen LogP contribution is -2.52. The Labute approximate surface area is 110 Å². The number of aliphatic hydroxyl groups is 1. The third-order valence-electron chi connectivity index (χ3n) is 4.15. The molecular weight excluding hydrogens is 252 g/mol. The summed E-state index contributed by atoms with van der Waals surface area (Å²) in [6.45, 7) is 4.23. The molecule has 2 unspecified atom stereocenters. The molecule has 0 saturated carbocycles. The third kappa shape index (κ3) is 2.87. The molecule has 0 spiro atoms. The SMILES string of the molecule is CCC1CN(S(=O)(=O)N2CCCCC2)CCC1O. The van der Waals surface area contributed by atoms with Crippen LogP contribution in [0.4, 0.5) is 0 Å². The Morgan fingerprint density at radius 2 is 1.78 bits per heavy atom. The van der Waals surface area contributed by atoms with E-state index in [2.05, 4.69) is 0 Å². The maximum Gasteiger partial charge on any atom is 0.281 e. The molecule has 2 rings (SSSR count). The van der Waals surface area contributed by atoms with Crippen LogP contribution in [0.25, 0.3) is 0 Å². The van der Waals surface area contributed by atoms with Gasteiger partial charge in [-0.25, -0.2) is 0 Å². The smallest absolute Gasteiger partial charge is 0.281 e. The van der Waals surface area contributed by atoms with Crippen LogP contribution in [0.1, 0.15) is 39.0 Å². The van der Waals surface area contributed by atoms with Gasteiger partial charge < -0.3 is 5.11 Å². The van der Waals surface area contributed by atoms with Crippen molar-refractivity contribution < 1.29 is 13.5 Å². The minimum atomic E-state index is -3.30. The number of hydrogen-bond donors (Lipinski definition) is 1. The van der Waals surface area contributed by atoms with Gasteiger partial charge in [0.25, 0.3) is 10.2 Å². The van der Waals surface area contributed by atoms with Gasteiger partial charge in [0.2, 0.25) is 0 Å². The van der Waals surface area contributed by atoms with Gasteiger partial charge in [0, 0.05) is 26.2 Å². The van der Waals surface area contributed by atoms with Crippen molar-refractivity contribution in [1.82, 2.24) is 8.61 Å². The predicted molar refractivity (Wildman–Crippen MR) is 70.3 cm³/mol. The molecule has 0 amide bonds. The second-order valence-corrected chi connectivity index (χ2v) is 7.28. The van der Waals surface area contributed by atoms with Crippen molar-refractivity contribution in [3.63, 3.8) is 0 Å². The molecule has 2 aliphatic rings. The zero-order valence-corrected chi connectivity index (χ0v) is 11.9. The van der Waals surface area contributed by atoms with Gasteiger partial charge in [-0.3, -0.25) is 0 Å². The quantitative estimate of drug-likeness (QED) is 0.830. The van der Waals surface area contributed by atoms with E-state index < -0.39 is 10.2 Å². The van der Waals surface area contributed by atoms with E-state index in [9.17, 15) is 13.5 Å². The predicted octanol–water partition coefficient (Wildman–Crippen LogP) is 0.810. The van der Waals surface area contributed by atoms with E-state index in [1.54, 1.807) is 8.61 Å². The maximum absolute atomic E-state index is 12.5. The highest BCUT2D eigenvalue weighted by Crippen LogP contribution is 2.25. The molecule has 2 heterocycles. The van der Waals surface area contributed by atoms with Crippen LogP contribution in [0.2, 0.25) is 0 Å². The van der Waals surface area contributed by atoms with Gasteiger partial charge >= 0.3 is 0 Å². The summed E-state index contributed by atoms with van der Waals surface area (Å²) < 4.78 is 28.1. The van der Waals surface area contributed by atoms with Crippen molar-refractivity contribution in [3.05, 3.63) is 0 Å². The lowest BCUT2D eigenvalue weighted by atomic mass is 9.94. The van der Waals surface area contributed by atoms with Crippen molar-refractivity contribution >= 4 is 10.2 Å². The Morgan fingerprint density at radius 3 is 2.39 bits per heavy atom. The van der Waals surface area contributed by atoms with Gasteiger partial charge in [-0.05, 0) is 31.6 Å². The summed E-state index contributed by atoms with van der Waals surface area (Å²) >= 11 is 0. The van der Waals surface area contributed by atoms with Gasteiger partial charge in [0.05, 0.1) is 6.10 Å². The van der Waals surface area contributed by atoms with Crippen LogP contribution < -0.4 is 0 Å². The summed E-state index contributed by atoms with van der Waals surface area (Å²) in [5, 5.41) is 9.83. The van der Waals surface area contributed by atoms with Crippen molar-refractivity contribution in [2.75, 3.05) is 26.2 Å². The van der Waals surface area contributed by atoms with Crippen LogP contribution >= 0.6 is 0 Å². The Balaban J connectivity index is 2.05. The van der Waals surface area contributed by atoms with Crippen molar-refractivity contribution in [2.45, 2.75) is 45.1 Å². The van der Waals surface area contributed by atoms with E-state index in [0.29, 0.717) is 32.6 Å². The molecule has 6 heteroatoms. The van der Waals surface area contributed by atoms with Crippen molar-refractivity contribution in [1.29, 1.82) is 0 Å². The van der Waals surface area contributed by atoms with Gasteiger partial charge in [-0.2, -0.15) is 17.0 Å². The minimum absolute atomic E-state index is 0.0818. The van der Waals surface area contributed by atoms with Crippen LogP contribution in [-0.4, -0.2) is 54.4 Å². The van der Waals surface area contributed by atoms with Crippen LogP contribution in [0.5, 0.6) is 0 Å². The molecule has 2 atom stereocenters. The Bertz CT molecular complexity index is 366. The first-order valence-electron chi connectivity index (χ1n) is 6.99. The summed E-state index contributed by atoms with van der Waals surface area (Å²) in [4.78, 5) is 0. The van der Waals surface area contributed by atoms with Gasteiger partial charge in [-0.1, -0.05) is 13.3 Å². The molecule has 0 aromatic carbocycles. The highest BCUT2D eigenvalue weighted by Gasteiger charge is 2.36. The van der Waals surface area contributed by atoms with E-state index in [4.69, 9.17) is 0 Å². The van der Waals surface area contributed by atoms with E-state index in [-0.39, 0.29) is 12.0 Å². The van der Waals surface area contributed by atoms with Gasteiger partial charge in [-0.15, -0.1) is 0 Å². The second kappa shape index (κ2) is 5.86. The zero-order valence-electron chi connectivity index (χ0n) is 11.1. The summed E-state index contributed by atoms with van der Waals surface area (Å²) in [7, 11) is -3.30. The van der Waals surface area contributed by atoms with Crippen LogP contribution in [0.15, 0.2) is 0 Å². The lowest BCUT2D eigenvalue weighted by molar-refractivity contribution is 0.0499. The molecule has 0 aromatic rings. The highest BCUT2D eigenvalue weighted by atomic mass is 32.2. The molecule has 106 valence electrons. The number of aliphatic hydroxyl groups excluding tert-OH is 1. The Hall–Kier alpha value is -0.170.